The number of carbonyl (C=O) groups is 1. The topological polar surface area (TPSA) is 66.0 Å². The van der Waals surface area contributed by atoms with Gasteiger partial charge >= 0.3 is 0 Å². The summed E-state index contributed by atoms with van der Waals surface area (Å²) in [6, 6.07) is 7.30. The van der Waals surface area contributed by atoms with Gasteiger partial charge in [-0.15, -0.1) is 0 Å². The Hall–Kier alpha value is -1.95. The molecule has 1 aromatic rings. The number of aliphatic imine (C=N–C) groups is 1. The Morgan fingerprint density at radius 3 is 2.71 bits per heavy atom. The van der Waals surface area contributed by atoms with Gasteiger partial charge in [-0.1, -0.05) is 17.7 Å². The first-order chi connectivity index (χ1) is 11.3. The van der Waals surface area contributed by atoms with Crippen molar-refractivity contribution in [2.75, 3.05) is 40.8 Å². The van der Waals surface area contributed by atoms with Gasteiger partial charge in [-0.05, 0) is 32.0 Å². The molecule has 0 fully saturated rings. The monoisotopic (exact) mass is 354 g/mol. The van der Waals surface area contributed by atoms with Crippen molar-refractivity contribution in [1.29, 1.82) is 0 Å². The summed E-state index contributed by atoms with van der Waals surface area (Å²) in [5.74, 6) is 1.43. The van der Waals surface area contributed by atoms with E-state index in [1.165, 1.54) is 0 Å². The molecule has 7 heteroatoms. The van der Waals surface area contributed by atoms with Crippen LogP contribution in [-0.4, -0.2) is 57.6 Å². The van der Waals surface area contributed by atoms with Gasteiger partial charge in [0.2, 0.25) is 5.91 Å². The molecule has 1 rings (SSSR count). The molecule has 134 valence electrons. The van der Waals surface area contributed by atoms with E-state index in [9.17, 15) is 4.79 Å². The minimum atomic E-state index is -0.525. The van der Waals surface area contributed by atoms with Crippen LogP contribution in [0.25, 0.3) is 0 Å². The van der Waals surface area contributed by atoms with E-state index in [2.05, 4.69) is 15.6 Å². The molecule has 1 amide bonds. The van der Waals surface area contributed by atoms with Crippen molar-refractivity contribution < 1.29 is 9.53 Å². The van der Waals surface area contributed by atoms with Crippen LogP contribution in [0.15, 0.2) is 29.3 Å². The van der Waals surface area contributed by atoms with Crippen molar-refractivity contribution in [2.24, 2.45) is 10.4 Å². The number of nitrogens with one attached hydrogen (secondary N) is 2. The van der Waals surface area contributed by atoms with Crippen molar-refractivity contribution in [3.8, 4) is 5.75 Å². The number of amides is 1. The van der Waals surface area contributed by atoms with Crippen molar-refractivity contribution in [3.05, 3.63) is 29.3 Å². The van der Waals surface area contributed by atoms with Crippen molar-refractivity contribution >= 4 is 23.5 Å². The molecule has 6 nitrogen and oxygen atoms in total. The Bertz CT molecular complexity index is 575. The Balaban J connectivity index is 2.46. The molecular weight excluding hydrogens is 328 g/mol. The molecule has 1 aromatic carbocycles. The van der Waals surface area contributed by atoms with Crippen LogP contribution in [0, 0.1) is 5.41 Å². The maximum absolute atomic E-state index is 11.8. The van der Waals surface area contributed by atoms with Crippen molar-refractivity contribution in [3.63, 3.8) is 0 Å². The summed E-state index contributed by atoms with van der Waals surface area (Å²) >= 11 is 5.93. The van der Waals surface area contributed by atoms with Crippen molar-refractivity contribution in [1.82, 2.24) is 15.5 Å². The lowest BCUT2D eigenvalue weighted by Gasteiger charge is -2.27. The lowest BCUT2D eigenvalue weighted by molar-refractivity contribution is -0.128. The van der Waals surface area contributed by atoms with E-state index < -0.39 is 5.41 Å². The van der Waals surface area contributed by atoms with Gasteiger partial charge in [0.15, 0.2) is 5.96 Å². The highest BCUT2D eigenvalue weighted by Gasteiger charge is 2.27. The Morgan fingerprint density at radius 2 is 2.12 bits per heavy atom. The molecule has 0 spiro atoms. The second-order valence-electron chi connectivity index (χ2n) is 6.09. The second-order valence-corrected chi connectivity index (χ2v) is 6.53. The first kappa shape index (κ1) is 20.1. The number of ether oxygens (including phenoxy) is 1. The fourth-order valence-electron chi connectivity index (χ4n) is 2.07. The number of halogens is 1. The smallest absolute Gasteiger partial charge is 0.227 e. The molecule has 0 heterocycles. The summed E-state index contributed by atoms with van der Waals surface area (Å²) in [5, 5.41) is 6.54. The molecule has 0 saturated carbocycles. The Morgan fingerprint density at radius 1 is 1.42 bits per heavy atom. The SMILES string of the molecule is CN=C(NCC(C)(C)C(=O)NC)N(C)CCOc1cccc(Cl)c1. The summed E-state index contributed by atoms with van der Waals surface area (Å²) in [4.78, 5) is 18.0. The lowest BCUT2D eigenvalue weighted by atomic mass is 9.92. The normalized spacial score (nSPS) is 11.8. The predicted molar refractivity (Wildman–Crippen MR) is 98.8 cm³/mol. The number of hydrogen-bond donors (Lipinski definition) is 2. The highest BCUT2D eigenvalue weighted by atomic mass is 35.5. The van der Waals surface area contributed by atoms with Crippen LogP contribution < -0.4 is 15.4 Å². The van der Waals surface area contributed by atoms with E-state index in [0.29, 0.717) is 30.7 Å². The van der Waals surface area contributed by atoms with E-state index in [1.807, 2.05) is 37.9 Å². The van der Waals surface area contributed by atoms with Crippen LogP contribution in [0.3, 0.4) is 0 Å². The van der Waals surface area contributed by atoms with Gasteiger partial charge < -0.3 is 20.3 Å². The summed E-state index contributed by atoms with van der Waals surface area (Å²) in [6.45, 7) is 5.39. The Kier molecular flexibility index (Phi) is 7.85. The number of hydrogen-bond acceptors (Lipinski definition) is 3. The zero-order chi connectivity index (χ0) is 18.2. The van der Waals surface area contributed by atoms with Crippen LogP contribution in [-0.2, 0) is 4.79 Å². The molecule has 24 heavy (non-hydrogen) atoms. The summed E-state index contributed by atoms with van der Waals surface area (Å²) in [6.07, 6.45) is 0. The molecule has 0 aliphatic carbocycles. The standard InChI is InChI=1S/C17H27ClN4O2/c1-17(2,15(23)19-3)12-21-16(20-4)22(5)9-10-24-14-8-6-7-13(18)11-14/h6-8,11H,9-10,12H2,1-5H3,(H,19,23)(H,20,21). The van der Waals surface area contributed by atoms with Gasteiger partial charge in [-0.25, -0.2) is 0 Å². The molecule has 2 N–H and O–H groups in total. The molecule has 0 aliphatic heterocycles. The van der Waals surface area contributed by atoms with Gasteiger partial charge in [0.25, 0.3) is 0 Å². The first-order valence-corrected chi connectivity index (χ1v) is 8.20. The van der Waals surface area contributed by atoms with Crippen LogP contribution in [0.4, 0.5) is 0 Å². The van der Waals surface area contributed by atoms with Crippen LogP contribution in [0.2, 0.25) is 5.02 Å². The largest absolute Gasteiger partial charge is 0.492 e. The minimum Gasteiger partial charge on any atom is -0.492 e. The maximum Gasteiger partial charge on any atom is 0.227 e. The van der Waals surface area contributed by atoms with Gasteiger partial charge in [-0.3, -0.25) is 9.79 Å². The number of likely N-dealkylation sites (N-methyl/N-ethyl adjacent to an activating group) is 1. The van der Waals surface area contributed by atoms with Gasteiger partial charge in [0, 0.05) is 32.7 Å². The molecule has 0 bridgehead atoms. The van der Waals surface area contributed by atoms with E-state index in [1.54, 1.807) is 26.2 Å². The summed E-state index contributed by atoms with van der Waals surface area (Å²) in [5.41, 5.74) is -0.525. The van der Waals surface area contributed by atoms with Gasteiger partial charge in [-0.2, -0.15) is 0 Å². The van der Waals surface area contributed by atoms with E-state index in [-0.39, 0.29) is 5.91 Å². The average molecular weight is 355 g/mol. The number of carbonyl (C=O) groups excluding carboxylic acids is 1. The number of nitrogens with zero attached hydrogens (tertiary/aromatic N) is 2. The van der Waals surface area contributed by atoms with Gasteiger partial charge in [0.05, 0.1) is 12.0 Å². The number of guanidine groups is 1. The Labute approximate surface area is 149 Å². The third-order valence-electron chi connectivity index (χ3n) is 3.60. The maximum atomic E-state index is 11.8. The van der Waals surface area contributed by atoms with E-state index in [0.717, 1.165) is 5.75 Å². The van der Waals surface area contributed by atoms with Crippen LogP contribution in [0.5, 0.6) is 5.75 Å². The molecule has 0 atom stereocenters. The summed E-state index contributed by atoms with van der Waals surface area (Å²) < 4.78 is 5.68. The van der Waals surface area contributed by atoms with E-state index >= 15 is 0 Å². The van der Waals surface area contributed by atoms with E-state index in [4.69, 9.17) is 16.3 Å². The van der Waals surface area contributed by atoms with Crippen molar-refractivity contribution in [2.45, 2.75) is 13.8 Å². The lowest BCUT2D eigenvalue weighted by Crippen LogP contribution is -2.48. The second kappa shape index (κ2) is 9.37. The minimum absolute atomic E-state index is 0.0163. The number of rotatable bonds is 7. The molecule has 0 unspecified atom stereocenters. The fourth-order valence-corrected chi connectivity index (χ4v) is 2.25. The molecule has 0 aliphatic rings. The average Bonchev–Trinajstić information content (AvgIpc) is 2.54. The molecule has 0 saturated heterocycles. The third kappa shape index (κ3) is 6.28. The molecule has 0 aromatic heterocycles. The molecule has 0 radical (unpaired) electrons. The zero-order valence-electron chi connectivity index (χ0n) is 15.0. The van der Waals surface area contributed by atoms with Gasteiger partial charge in [0.1, 0.15) is 12.4 Å². The molecular formula is C17H27ClN4O2. The zero-order valence-corrected chi connectivity index (χ0v) is 15.8. The highest BCUT2D eigenvalue weighted by Crippen LogP contribution is 2.17. The predicted octanol–water partition coefficient (Wildman–Crippen LogP) is 2.00. The quantitative estimate of drug-likeness (QED) is 0.580. The number of benzene rings is 1. The highest BCUT2D eigenvalue weighted by molar-refractivity contribution is 6.30. The van der Waals surface area contributed by atoms with Crippen LogP contribution in [0.1, 0.15) is 13.8 Å². The fraction of sp³-hybridized carbons (Fsp3) is 0.529. The van der Waals surface area contributed by atoms with Crippen LogP contribution >= 0.6 is 11.6 Å². The first-order valence-electron chi connectivity index (χ1n) is 7.82. The third-order valence-corrected chi connectivity index (χ3v) is 3.83. The summed E-state index contributed by atoms with van der Waals surface area (Å²) in [7, 11) is 5.27.